The number of nitrogens with zero attached hydrogens (tertiary/aromatic N) is 3. The Morgan fingerprint density at radius 1 is 1.15 bits per heavy atom. The molecule has 3 N–H and O–H groups in total. The van der Waals surface area contributed by atoms with Crippen LogP contribution in [0.15, 0.2) is 11.6 Å². The maximum absolute atomic E-state index is 13.9. The van der Waals surface area contributed by atoms with Gasteiger partial charge in [-0.15, -0.1) is 11.3 Å². The van der Waals surface area contributed by atoms with Crippen molar-refractivity contribution in [2.24, 2.45) is 23.7 Å². The minimum Gasteiger partial charge on any atom is -0.344 e. The van der Waals surface area contributed by atoms with Crippen molar-refractivity contribution >= 4 is 40.6 Å². The lowest BCUT2D eigenvalue weighted by atomic mass is 9.75. The first-order valence-corrected chi connectivity index (χ1v) is 15.3. The van der Waals surface area contributed by atoms with E-state index in [9.17, 15) is 24.4 Å². The van der Waals surface area contributed by atoms with Crippen LogP contribution in [0.4, 0.5) is 5.13 Å². The molecule has 11 heteroatoms. The van der Waals surface area contributed by atoms with E-state index in [1.165, 1.54) is 11.3 Å². The Balaban J connectivity index is 1.78. The molecule has 1 saturated carbocycles. The van der Waals surface area contributed by atoms with Gasteiger partial charge in [-0.05, 0) is 49.9 Å². The predicted molar refractivity (Wildman–Crippen MR) is 150 cm³/mol. The fourth-order valence-electron chi connectivity index (χ4n) is 5.94. The van der Waals surface area contributed by atoms with Crippen molar-refractivity contribution in [3.05, 3.63) is 11.6 Å². The number of aromatic nitrogens is 1. The summed E-state index contributed by atoms with van der Waals surface area (Å²) in [6.45, 7) is 7.40. The molecule has 39 heavy (non-hydrogen) atoms. The number of thiazole rings is 1. The van der Waals surface area contributed by atoms with Crippen molar-refractivity contribution in [1.82, 2.24) is 20.3 Å². The molecule has 1 aliphatic heterocycles. The molecule has 0 bridgehead atoms. The first kappa shape index (κ1) is 31.0. The van der Waals surface area contributed by atoms with Gasteiger partial charge in [0.25, 0.3) is 0 Å². The average molecular weight is 564 g/mol. The monoisotopic (exact) mass is 563 g/mol. The lowest BCUT2D eigenvalue weighted by Gasteiger charge is -2.37. The van der Waals surface area contributed by atoms with Crippen LogP contribution in [-0.2, 0) is 19.2 Å². The predicted octanol–water partition coefficient (Wildman–Crippen LogP) is 4.06. The van der Waals surface area contributed by atoms with Gasteiger partial charge in [-0.2, -0.15) is 0 Å². The lowest BCUT2D eigenvalue weighted by Crippen LogP contribution is -2.53. The van der Waals surface area contributed by atoms with E-state index in [4.69, 9.17) is 0 Å². The van der Waals surface area contributed by atoms with Crippen molar-refractivity contribution in [2.45, 2.75) is 97.1 Å². The molecule has 0 unspecified atom stereocenters. The Labute approximate surface area is 235 Å². The molecule has 3 atom stereocenters. The second-order valence-electron chi connectivity index (χ2n) is 11.6. The van der Waals surface area contributed by atoms with Crippen LogP contribution in [0.5, 0.6) is 0 Å². The molecule has 1 aliphatic carbocycles. The molecular weight excluding hydrogens is 518 g/mol. The number of hydrogen-bond acceptors (Lipinski definition) is 7. The maximum Gasteiger partial charge on any atom is 0.248 e. The highest BCUT2D eigenvalue weighted by molar-refractivity contribution is 7.13. The van der Waals surface area contributed by atoms with E-state index >= 15 is 0 Å². The number of hydrogen-bond donors (Lipinski definition) is 3. The molecule has 0 spiro atoms. The van der Waals surface area contributed by atoms with Gasteiger partial charge in [0.15, 0.2) is 5.13 Å². The van der Waals surface area contributed by atoms with Gasteiger partial charge in [-0.3, -0.25) is 24.4 Å². The van der Waals surface area contributed by atoms with Crippen molar-refractivity contribution in [1.29, 1.82) is 0 Å². The highest BCUT2D eigenvalue weighted by Gasteiger charge is 2.38. The molecule has 3 rings (SSSR count). The Morgan fingerprint density at radius 2 is 1.85 bits per heavy atom. The number of carbonyl (C=O) groups is 4. The van der Waals surface area contributed by atoms with Crippen LogP contribution in [0, 0.1) is 23.7 Å². The summed E-state index contributed by atoms with van der Waals surface area (Å²) in [5, 5.41) is 18.9. The van der Waals surface area contributed by atoms with Gasteiger partial charge in [0, 0.05) is 31.1 Å². The third-order valence-corrected chi connectivity index (χ3v) is 8.91. The van der Waals surface area contributed by atoms with E-state index in [2.05, 4.69) is 22.5 Å². The van der Waals surface area contributed by atoms with Gasteiger partial charge in [0.2, 0.25) is 24.1 Å². The number of nitrogens with one attached hydrogen (secondary N) is 2. The van der Waals surface area contributed by atoms with Gasteiger partial charge >= 0.3 is 0 Å². The zero-order chi connectivity index (χ0) is 28.4. The molecule has 2 fully saturated rings. The zero-order valence-corrected chi connectivity index (χ0v) is 24.3. The number of hydroxylamine groups is 2. The smallest absolute Gasteiger partial charge is 0.248 e. The average Bonchev–Trinajstić information content (AvgIpc) is 3.44. The summed E-state index contributed by atoms with van der Waals surface area (Å²) in [5.74, 6) is -0.804. The third kappa shape index (κ3) is 9.27. The maximum atomic E-state index is 13.9. The Kier molecular flexibility index (Phi) is 12.2. The topological polar surface area (TPSA) is 132 Å². The molecule has 218 valence electrons. The van der Waals surface area contributed by atoms with E-state index in [0.717, 1.165) is 58.0 Å². The van der Waals surface area contributed by atoms with Crippen molar-refractivity contribution in [2.75, 3.05) is 18.4 Å². The fraction of sp³-hybridized carbons (Fsp3) is 0.750. The molecular formula is C28H45N5O5S. The quantitative estimate of drug-likeness (QED) is 0.188. The first-order chi connectivity index (χ1) is 18.7. The third-order valence-electron chi connectivity index (χ3n) is 8.22. The molecule has 10 nitrogen and oxygen atoms in total. The molecule has 0 radical (unpaired) electrons. The number of anilines is 1. The van der Waals surface area contributed by atoms with Crippen molar-refractivity contribution in [3.63, 3.8) is 0 Å². The summed E-state index contributed by atoms with van der Waals surface area (Å²) < 4.78 is 0. The molecule has 1 saturated heterocycles. The summed E-state index contributed by atoms with van der Waals surface area (Å²) in [6.07, 6.45) is 9.92. The normalized spacial score (nSPS) is 22.0. The summed E-state index contributed by atoms with van der Waals surface area (Å²) in [5.41, 5.74) is 0. The summed E-state index contributed by atoms with van der Waals surface area (Å²) >= 11 is 1.27. The Bertz CT molecular complexity index is 929. The van der Waals surface area contributed by atoms with Crippen LogP contribution in [0.25, 0.3) is 0 Å². The van der Waals surface area contributed by atoms with Crippen LogP contribution in [0.2, 0.25) is 0 Å². The van der Waals surface area contributed by atoms with E-state index in [-0.39, 0.29) is 24.7 Å². The van der Waals surface area contributed by atoms with Gasteiger partial charge in [0.05, 0.1) is 12.0 Å². The molecule has 0 aromatic carbocycles. The zero-order valence-electron chi connectivity index (χ0n) is 23.5. The summed E-state index contributed by atoms with van der Waals surface area (Å²) in [4.78, 5) is 57.5. The lowest BCUT2D eigenvalue weighted by molar-refractivity contribution is -0.174. The molecule has 1 aromatic heterocycles. The highest BCUT2D eigenvalue weighted by Crippen LogP contribution is 2.35. The van der Waals surface area contributed by atoms with Crippen LogP contribution < -0.4 is 10.6 Å². The number of likely N-dealkylation sites (tertiary alicyclic amines) is 1. The van der Waals surface area contributed by atoms with Crippen molar-refractivity contribution in [3.8, 4) is 0 Å². The van der Waals surface area contributed by atoms with Crippen LogP contribution in [0.1, 0.15) is 85.0 Å². The minimum atomic E-state index is -0.958. The molecule has 1 aromatic rings. The number of amides is 4. The van der Waals surface area contributed by atoms with Crippen LogP contribution in [-0.4, -0.2) is 69.5 Å². The highest BCUT2D eigenvalue weighted by atomic mass is 32.1. The molecule has 2 heterocycles. The molecule has 2 aliphatic rings. The van der Waals surface area contributed by atoms with Crippen LogP contribution in [0.3, 0.4) is 0 Å². The first-order valence-electron chi connectivity index (χ1n) is 14.4. The van der Waals surface area contributed by atoms with Gasteiger partial charge in [-0.1, -0.05) is 46.5 Å². The van der Waals surface area contributed by atoms with E-state index < -0.39 is 29.8 Å². The number of rotatable bonds is 13. The van der Waals surface area contributed by atoms with E-state index in [1.807, 2.05) is 18.7 Å². The van der Waals surface area contributed by atoms with Crippen LogP contribution >= 0.6 is 11.3 Å². The SMILES string of the molecule is CC1CCC(C[C@H](C(=O)N[C@@H](CCC(=O)N2CCCCC2)C(=O)Nc2nccs2)[C@H](C(C)C)N(O)C=O)CC1. The second kappa shape index (κ2) is 15.3. The van der Waals surface area contributed by atoms with Crippen molar-refractivity contribution < 1.29 is 24.4 Å². The van der Waals surface area contributed by atoms with E-state index in [0.29, 0.717) is 34.9 Å². The largest absolute Gasteiger partial charge is 0.344 e. The van der Waals surface area contributed by atoms with Gasteiger partial charge in [0.1, 0.15) is 6.04 Å². The number of piperidine rings is 1. The van der Waals surface area contributed by atoms with Gasteiger partial charge in [-0.25, -0.2) is 10.0 Å². The molecule has 4 amide bonds. The number of carbonyl (C=O) groups excluding carboxylic acids is 4. The second-order valence-corrected chi connectivity index (χ2v) is 12.5. The fourth-order valence-corrected chi connectivity index (χ4v) is 6.48. The Hall–Kier alpha value is -2.53. The minimum absolute atomic E-state index is 0.0218. The standard InChI is InChI=1S/C28H45N5O5S/c1-19(2)25(33(38)18-34)22(17-21-9-7-20(3)8-10-21)26(36)30-23(27(37)31-28-29-13-16-39-28)11-12-24(35)32-14-5-4-6-15-32/h13,16,18-23,25,38H,4-12,14-15,17H2,1-3H3,(H,30,36)(H,29,31,37)/t20?,21?,22-,23-,25-/m0/s1. The van der Waals surface area contributed by atoms with E-state index in [1.54, 1.807) is 11.6 Å². The van der Waals surface area contributed by atoms with Gasteiger partial charge < -0.3 is 15.5 Å². The summed E-state index contributed by atoms with van der Waals surface area (Å²) in [6, 6.07) is -1.69. The summed E-state index contributed by atoms with van der Waals surface area (Å²) in [7, 11) is 0. The Morgan fingerprint density at radius 3 is 2.44 bits per heavy atom.